The van der Waals surface area contributed by atoms with Gasteiger partial charge in [-0.1, -0.05) is 41.6 Å². The third kappa shape index (κ3) is 4.29. The van der Waals surface area contributed by atoms with E-state index in [-0.39, 0.29) is 17.1 Å². The second-order valence-corrected chi connectivity index (χ2v) is 7.94. The zero-order valence-electron chi connectivity index (χ0n) is 17.1. The van der Waals surface area contributed by atoms with Gasteiger partial charge in [-0.2, -0.15) is 0 Å². The van der Waals surface area contributed by atoms with Crippen LogP contribution in [0.2, 0.25) is 0 Å². The molecule has 29 heavy (non-hydrogen) atoms. The summed E-state index contributed by atoms with van der Waals surface area (Å²) in [4.78, 5) is 41.2. The molecular weight excluding hydrogens is 390 g/mol. The fourth-order valence-corrected chi connectivity index (χ4v) is 4.09. The van der Waals surface area contributed by atoms with Gasteiger partial charge in [0, 0.05) is 39.4 Å². The summed E-state index contributed by atoms with van der Waals surface area (Å²) in [7, 11) is 3.07. The predicted molar refractivity (Wildman–Crippen MR) is 114 cm³/mol. The fraction of sp³-hybridized carbons (Fsp3) is 0.400. The summed E-state index contributed by atoms with van der Waals surface area (Å²) in [5, 5.41) is 3.55. The zero-order valence-corrected chi connectivity index (χ0v) is 17.9. The summed E-state index contributed by atoms with van der Waals surface area (Å²) in [6.45, 7) is 5.02. The monoisotopic (exact) mass is 415 g/mol. The van der Waals surface area contributed by atoms with Gasteiger partial charge in [-0.05, 0) is 19.4 Å². The van der Waals surface area contributed by atoms with Crippen LogP contribution in [0.5, 0.6) is 0 Å². The third-order valence-corrected chi connectivity index (χ3v) is 5.77. The maximum Gasteiger partial charge on any atom is 0.332 e. The van der Waals surface area contributed by atoms with Gasteiger partial charge in [-0.25, -0.2) is 9.78 Å². The highest BCUT2D eigenvalue weighted by atomic mass is 32.2. The van der Waals surface area contributed by atoms with Gasteiger partial charge in [0.15, 0.2) is 16.3 Å². The molecule has 0 saturated carbocycles. The van der Waals surface area contributed by atoms with E-state index in [1.54, 1.807) is 7.05 Å². The number of fused-ring (bicyclic) bond motifs is 1. The molecular formula is C20H25N5O3S. The molecule has 0 aliphatic heterocycles. The molecule has 2 aromatic heterocycles. The molecule has 3 aromatic rings. The third-order valence-electron chi connectivity index (χ3n) is 4.79. The Kier molecular flexibility index (Phi) is 6.26. The van der Waals surface area contributed by atoms with Crippen molar-refractivity contribution in [1.29, 1.82) is 0 Å². The van der Waals surface area contributed by atoms with E-state index >= 15 is 0 Å². The van der Waals surface area contributed by atoms with Crippen LogP contribution in [0.4, 0.5) is 0 Å². The second kappa shape index (κ2) is 8.69. The van der Waals surface area contributed by atoms with Crippen LogP contribution >= 0.6 is 11.8 Å². The highest BCUT2D eigenvalue weighted by molar-refractivity contribution is 7.99. The highest BCUT2D eigenvalue weighted by Gasteiger charge is 2.18. The molecule has 0 saturated heterocycles. The molecule has 0 bridgehead atoms. The molecule has 1 amide bonds. The Labute approximate surface area is 172 Å². The number of aryl methyl sites for hydroxylation is 3. The van der Waals surface area contributed by atoms with Crippen molar-refractivity contribution in [2.75, 3.05) is 5.75 Å². The van der Waals surface area contributed by atoms with Gasteiger partial charge in [0.25, 0.3) is 5.56 Å². The van der Waals surface area contributed by atoms with Gasteiger partial charge in [0.2, 0.25) is 5.91 Å². The maximum absolute atomic E-state index is 12.4. The van der Waals surface area contributed by atoms with Crippen molar-refractivity contribution >= 4 is 28.8 Å². The highest BCUT2D eigenvalue weighted by Crippen LogP contribution is 2.22. The van der Waals surface area contributed by atoms with E-state index in [1.807, 2.05) is 42.7 Å². The van der Waals surface area contributed by atoms with E-state index in [9.17, 15) is 14.4 Å². The quantitative estimate of drug-likeness (QED) is 0.592. The number of benzene rings is 1. The number of hydrogen-bond donors (Lipinski definition) is 1. The van der Waals surface area contributed by atoms with Crippen molar-refractivity contribution in [2.45, 2.75) is 38.5 Å². The van der Waals surface area contributed by atoms with Crippen molar-refractivity contribution < 1.29 is 4.79 Å². The number of imidazole rings is 1. The summed E-state index contributed by atoms with van der Waals surface area (Å²) in [6, 6.07) is 8.03. The van der Waals surface area contributed by atoms with Crippen LogP contribution < -0.4 is 16.6 Å². The number of nitrogens with one attached hydrogen (secondary N) is 1. The molecule has 0 radical (unpaired) electrons. The standard InChI is InChI=1S/C20H25N5O3S/c1-5-25-17-16(18(27)24(4)20(28)23(17)3)22-19(25)29-11-10-15(26)21-12-14-8-6-13(2)7-9-14/h6-9H,5,10-12H2,1-4H3,(H,21,26). The SMILES string of the molecule is CCn1c(SCCC(=O)NCc2ccc(C)cc2)nc2c(=O)n(C)c(=O)n(C)c21. The lowest BCUT2D eigenvalue weighted by atomic mass is 10.1. The summed E-state index contributed by atoms with van der Waals surface area (Å²) in [6.07, 6.45) is 0.334. The molecule has 1 N–H and O–H groups in total. The number of thioether (sulfide) groups is 1. The first-order chi connectivity index (χ1) is 13.8. The molecule has 9 heteroatoms. The van der Waals surface area contributed by atoms with Crippen molar-refractivity contribution in [3.8, 4) is 0 Å². The molecule has 1 aromatic carbocycles. The number of rotatable bonds is 7. The number of aromatic nitrogens is 4. The molecule has 8 nitrogen and oxygen atoms in total. The van der Waals surface area contributed by atoms with Gasteiger partial charge in [0.05, 0.1) is 0 Å². The van der Waals surface area contributed by atoms with E-state index in [0.717, 1.165) is 10.1 Å². The number of hydrogen-bond acceptors (Lipinski definition) is 5. The topological polar surface area (TPSA) is 90.9 Å². The molecule has 0 fully saturated rings. The summed E-state index contributed by atoms with van der Waals surface area (Å²) < 4.78 is 4.33. The first kappa shape index (κ1) is 20.9. The minimum atomic E-state index is -0.409. The minimum absolute atomic E-state index is 0.0412. The summed E-state index contributed by atoms with van der Waals surface area (Å²) in [5.41, 5.74) is 2.22. The van der Waals surface area contributed by atoms with E-state index in [1.165, 1.54) is 28.9 Å². The minimum Gasteiger partial charge on any atom is -0.352 e. The summed E-state index contributed by atoms with van der Waals surface area (Å²) in [5.74, 6) is 0.484. The predicted octanol–water partition coefficient (Wildman–Crippen LogP) is 1.56. The van der Waals surface area contributed by atoms with E-state index < -0.39 is 5.56 Å². The Bertz CT molecular complexity index is 1160. The molecule has 3 rings (SSSR count). The Morgan fingerprint density at radius 1 is 1.14 bits per heavy atom. The smallest absolute Gasteiger partial charge is 0.332 e. The van der Waals surface area contributed by atoms with Crippen LogP contribution in [-0.4, -0.2) is 30.3 Å². The Morgan fingerprint density at radius 3 is 2.48 bits per heavy atom. The average molecular weight is 416 g/mol. The van der Waals surface area contributed by atoms with Crippen LogP contribution in [0, 0.1) is 6.92 Å². The number of amides is 1. The Hall–Kier alpha value is -2.81. The molecule has 0 spiro atoms. The lowest BCUT2D eigenvalue weighted by molar-refractivity contribution is -0.120. The van der Waals surface area contributed by atoms with Gasteiger partial charge in [-0.15, -0.1) is 0 Å². The average Bonchev–Trinajstić information content (AvgIpc) is 3.09. The summed E-state index contributed by atoms with van der Waals surface area (Å²) >= 11 is 1.41. The maximum atomic E-state index is 12.4. The normalized spacial score (nSPS) is 11.2. The first-order valence-electron chi connectivity index (χ1n) is 9.44. The molecule has 2 heterocycles. The fourth-order valence-electron chi connectivity index (χ4n) is 3.09. The van der Waals surface area contributed by atoms with Crippen LogP contribution in [0.15, 0.2) is 39.0 Å². The number of carbonyl (C=O) groups excluding carboxylic acids is 1. The van der Waals surface area contributed by atoms with Crippen LogP contribution in [0.25, 0.3) is 11.2 Å². The van der Waals surface area contributed by atoms with Crippen LogP contribution in [0.3, 0.4) is 0 Å². The number of carbonyl (C=O) groups is 1. The van der Waals surface area contributed by atoms with Crippen LogP contribution in [0.1, 0.15) is 24.5 Å². The lowest BCUT2D eigenvalue weighted by Crippen LogP contribution is -2.37. The second-order valence-electron chi connectivity index (χ2n) is 6.88. The zero-order chi connectivity index (χ0) is 21.1. The first-order valence-corrected chi connectivity index (χ1v) is 10.4. The van der Waals surface area contributed by atoms with Crippen molar-refractivity contribution in [2.24, 2.45) is 14.1 Å². The molecule has 0 unspecified atom stereocenters. The van der Waals surface area contributed by atoms with Crippen molar-refractivity contribution in [3.05, 3.63) is 56.2 Å². The van der Waals surface area contributed by atoms with E-state index in [2.05, 4.69) is 10.3 Å². The molecule has 0 aliphatic carbocycles. The van der Waals surface area contributed by atoms with Crippen molar-refractivity contribution in [1.82, 2.24) is 24.0 Å². The van der Waals surface area contributed by atoms with Gasteiger partial charge < -0.3 is 9.88 Å². The molecule has 0 aliphatic rings. The lowest BCUT2D eigenvalue weighted by Gasteiger charge is -2.09. The van der Waals surface area contributed by atoms with Gasteiger partial charge >= 0.3 is 5.69 Å². The van der Waals surface area contributed by atoms with E-state index in [0.29, 0.717) is 36.1 Å². The Balaban J connectivity index is 1.67. The molecule has 0 atom stereocenters. The Morgan fingerprint density at radius 2 is 1.83 bits per heavy atom. The van der Waals surface area contributed by atoms with Crippen LogP contribution in [-0.2, 0) is 32.0 Å². The van der Waals surface area contributed by atoms with E-state index in [4.69, 9.17) is 0 Å². The van der Waals surface area contributed by atoms with Gasteiger partial charge in [0.1, 0.15) is 0 Å². The largest absolute Gasteiger partial charge is 0.352 e. The number of nitrogens with zero attached hydrogens (tertiary/aromatic N) is 4. The molecule has 154 valence electrons. The van der Waals surface area contributed by atoms with Crippen molar-refractivity contribution in [3.63, 3.8) is 0 Å². The van der Waals surface area contributed by atoms with Gasteiger partial charge in [-0.3, -0.25) is 18.7 Å².